The van der Waals surface area contributed by atoms with Crippen molar-refractivity contribution in [3.05, 3.63) is 71.8 Å². The molecule has 2 atom stereocenters. The summed E-state index contributed by atoms with van der Waals surface area (Å²) >= 11 is 0. The zero-order chi connectivity index (χ0) is 13.7. The molecule has 0 saturated carbocycles. The quantitative estimate of drug-likeness (QED) is 0.911. The molecule has 0 spiro atoms. The van der Waals surface area contributed by atoms with E-state index in [1.807, 2.05) is 62.6 Å². The summed E-state index contributed by atoms with van der Waals surface area (Å²) in [7, 11) is 4.07. The Kier molecular flexibility index (Phi) is 6.73. The van der Waals surface area contributed by atoms with Crippen LogP contribution in [-0.4, -0.2) is 30.6 Å². The standard InChI is InChI=1S/C17H21NO.ClH/c1-18(2)13-16(14-9-5-3-6-10-14)17(19)15-11-7-4-8-12-15;/h3-12,16-17,19H,13H2,1-2H3;1H/t16-,17-;/m0./s1. The molecule has 0 aromatic heterocycles. The molecule has 0 saturated heterocycles. The predicted molar refractivity (Wildman–Crippen MR) is 86.4 cm³/mol. The summed E-state index contributed by atoms with van der Waals surface area (Å²) in [6, 6.07) is 20.1. The second kappa shape index (κ2) is 8.05. The van der Waals surface area contributed by atoms with Crippen LogP contribution in [0.15, 0.2) is 60.7 Å². The van der Waals surface area contributed by atoms with E-state index < -0.39 is 6.10 Å². The highest BCUT2D eigenvalue weighted by Gasteiger charge is 2.23. The lowest BCUT2D eigenvalue weighted by Crippen LogP contribution is -2.25. The van der Waals surface area contributed by atoms with Gasteiger partial charge in [0.2, 0.25) is 0 Å². The van der Waals surface area contributed by atoms with E-state index in [2.05, 4.69) is 17.0 Å². The van der Waals surface area contributed by atoms with E-state index in [9.17, 15) is 5.11 Å². The number of benzene rings is 2. The van der Waals surface area contributed by atoms with Gasteiger partial charge in [0.25, 0.3) is 0 Å². The summed E-state index contributed by atoms with van der Waals surface area (Å²) in [5.74, 6) is 0.0820. The fourth-order valence-corrected chi connectivity index (χ4v) is 2.36. The van der Waals surface area contributed by atoms with Crippen molar-refractivity contribution in [2.45, 2.75) is 12.0 Å². The zero-order valence-electron chi connectivity index (χ0n) is 11.9. The fourth-order valence-electron chi connectivity index (χ4n) is 2.36. The van der Waals surface area contributed by atoms with Crippen molar-refractivity contribution in [1.82, 2.24) is 4.90 Å². The van der Waals surface area contributed by atoms with Crippen LogP contribution in [0.25, 0.3) is 0 Å². The topological polar surface area (TPSA) is 23.5 Å². The van der Waals surface area contributed by atoms with E-state index in [0.29, 0.717) is 0 Å². The van der Waals surface area contributed by atoms with Gasteiger partial charge in [-0.1, -0.05) is 60.7 Å². The Balaban J connectivity index is 0.00000200. The van der Waals surface area contributed by atoms with Crippen LogP contribution in [0.2, 0.25) is 0 Å². The first kappa shape index (κ1) is 16.7. The highest BCUT2D eigenvalue weighted by atomic mass is 35.5. The SMILES string of the molecule is CN(C)C[C@@H](c1ccccc1)[C@@H](O)c1ccccc1.Cl. The normalized spacial score (nSPS) is 13.6. The van der Waals surface area contributed by atoms with Gasteiger partial charge in [-0.2, -0.15) is 0 Å². The van der Waals surface area contributed by atoms with Gasteiger partial charge >= 0.3 is 0 Å². The Morgan fingerprint density at radius 3 is 1.75 bits per heavy atom. The zero-order valence-corrected chi connectivity index (χ0v) is 12.8. The monoisotopic (exact) mass is 291 g/mol. The maximum Gasteiger partial charge on any atom is 0.0870 e. The molecule has 2 aromatic carbocycles. The molecule has 20 heavy (non-hydrogen) atoms. The van der Waals surface area contributed by atoms with E-state index in [0.717, 1.165) is 12.1 Å². The molecule has 0 fully saturated rings. The molecular formula is C17H22ClNO. The van der Waals surface area contributed by atoms with Crippen LogP contribution in [-0.2, 0) is 0 Å². The number of hydrogen-bond donors (Lipinski definition) is 1. The molecule has 108 valence electrons. The summed E-state index contributed by atoms with van der Waals surface area (Å²) in [6.07, 6.45) is -0.481. The van der Waals surface area contributed by atoms with Crippen LogP contribution in [0.4, 0.5) is 0 Å². The smallest absolute Gasteiger partial charge is 0.0870 e. The molecule has 2 rings (SSSR count). The molecule has 0 aliphatic carbocycles. The van der Waals surface area contributed by atoms with Gasteiger partial charge in [0.15, 0.2) is 0 Å². The molecule has 0 heterocycles. The van der Waals surface area contributed by atoms with Crippen LogP contribution in [0.1, 0.15) is 23.1 Å². The minimum absolute atomic E-state index is 0. The second-order valence-electron chi connectivity index (χ2n) is 5.13. The van der Waals surface area contributed by atoms with E-state index >= 15 is 0 Å². The molecule has 3 heteroatoms. The molecule has 2 nitrogen and oxygen atoms in total. The third-order valence-electron chi connectivity index (χ3n) is 3.31. The Morgan fingerprint density at radius 1 is 0.850 bits per heavy atom. The number of nitrogens with zero attached hydrogens (tertiary/aromatic N) is 1. The number of hydrogen-bond acceptors (Lipinski definition) is 2. The van der Waals surface area contributed by atoms with Gasteiger partial charge in [-0.3, -0.25) is 0 Å². The maximum atomic E-state index is 10.7. The van der Waals surface area contributed by atoms with Gasteiger partial charge < -0.3 is 10.0 Å². The van der Waals surface area contributed by atoms with Gasteiger partial charge in [0.05, 0.1) is 6.10 Å². The van der Waals surface area contributed by atoms with Gasteiger partial charge in [-0.05, 0) is 25.2 Å². The molecule has 0 unspecified atom stereocenters. The first-order chi connectivity index (χ1) is 9.18. The minimum Gasteiger partial charge on any atom is -0.388 e. The number of aliphatic hydroxyl groups excluding tert-OH is 1. The summed E-state index contributed by atoms with van der Waals surface area (Å²) in [5.41, 5.74) is 2.14. The third-order valence-corrected chi connectivity index (χ3v) is 3.31. The Hall–Kier alpha value is -1.35. The summed E-state index contributed by atoms with van der Waals surface area (Å²) < 4.78 is 0. The van der Waals surface area contributed by atoms with Crippen molar-refractivity contribution in [3.8, 4) is 0 Å². The van der Waals surface area contributed by atoms with E-state index in [4.69, 9.17) is 0 Å². The first-order valence-electron chi connectivity index (χ1n) is 6.61. The average molecular weight is 292 g/mol. The molecule has 1 N–H and O–H groups in total. The van der Waals surface area contributed by atoms with Crippen LogP contribution in [0, 0.1) is 0 Å². The van der Waals surface area contributed by atoms with Gasteiger partial charge in [0.1, 0.15) is 0 Å². The van der Waals surface area contributed by atoms with Crippen molar-refractivity contribution in [1.29, 1.82) is 0 Å². The van der Waals surface area contributed by atoms with Crippen molar-refractivity contribution in [2.24, 2.45) is 0 Å². The van der Waals surface area contributed by atoms with E-state index in [1.165, 1.54) is 5.56 Å². The minimum atomic E-state index is -0.481. The molecule has 0 amide bonds. The van der Waals surface area contributed by atoms with E-state index in [-0.39, 0.29) is 18.3 Å². The Bertz CT molecular complexity index is 487. The van der Waals surface area contributed by atoms with Crippen molar-refractivity contribution >= 4 is 12.4 Å². The Morgan fingerprint density at radius 2 is 1.30 bits per heavy atom. The predicted octanol–water partition coefficient (Wildman–Crippen LogP) is 3.49. The lowest BCUT2D eigenvalue weighted by Gasteiger charge is -2.26. The first-order valence-corrected chi connectivity index (χ1v) is 6.61. The summed E-state index contributed by atoms with van der Waals surface area (Å²) in [5, 5.41) is 10.7. The highest BCUT2D eigenvalue weighted by molar-refractivity contribution is 5.85. The number of rotatable bonds is 5. The lowest BCUT2D eigenvalue weighted by molar-refractivity contribution is 0.129. The fraction of sp³-hybridized carbons (Fsp3) is 0.294. The molecule has 0 aliphatic rings. The van der Waals surface area contributed by atoms with Crippen LogP contribution in [0.3, 0.4) is 0 Å². The lowest BCUT2D eigenvalue weighted by atomic mass is 9.89. The Labute approximate surface area is 127 Å². The third kappa shape index (κ3) is 4.34. The van der Waals surface area contributed by atoms with Crippen LogP contribution in [0.5, 0.6) is 0 Å². The molecule has 2 aromatic rings. The molecule has 0 bridgehead atoms. The van der Waals surface area contributed by atoms with Crippen molar-refractivity contribution < 1.29 is 5.11 Å². The highest BCUT2D eigenvalue weighted by Crippen LogP contribution is 2.31. The average Bonchev–Trinajstić information content (AvgIpc) is 2.46. The summed E-state index contributed by atoms with van der Waals surface area (Å²) in [6.45, 7) is 0.820. The van der Waals surface area contributed by atoms with Gasteiger partial charge in [-0.25, -0.2) is 0 Å². The van der Waals surface area contributed by atoms with Gasteiger partial charge in [-0.15, -0.1) is 12.4 Å². The number of likely N-dealkylation sites (N-methyl/N-ethyl adjacent to an activating group) is 1. The molecular weight excluding hydrogens is 270 g/mol. The molecule has 0 radical (unpaired) electrons. The van der Waals surface area contributed by atoms with Crippen molar-refractivity contribution in [3.63, 3.8) is 0 Å². The summed E-state index contributed by atoms with van der Waals surface area (Å²) in [4.78, 5) is 2.11. The molecule has 0 aliphatic heterocycles. The van der Waals surface area contributed by atoms with Gasteiger partial charge in [0, 0.05) is 12.5 Å². The maximum absolute atomic E-state index is 10.7. The van der Waals surface area contributed by atoms with E-state index in [1.54, 1.807) is 0 Å². The van der Waals surface area contributed by atoms with Crippen LogP contribution < -0.4 is 0 Å². The van der Waals surface area contributed by atoms with Crippen LogP contribution >= 0.6 is 12.4 Å². The second-order valence-corrected chi connectivity index (χ2v) is 5.13. The number of aliphatic hydroxyl groups is 1. The van der Waals surface area contributed by atoms with Crippen molar-refractivity contribution in [2.75, 3.05) is 20.6 Å². The largest absolute Gasteiger partial charge is 0.388 e. The number of halogens is 1.